The van der Waals surface area contributed by atoms with E-state index in [0.29, 0.717) is 19.5 Å². The Kier molecular flexibility index (Phi) is 2.69. The number of carbonyl (C=O) groups excluding carboxylic acids is 2. The Hall–Kier alpha value is -2.04. The van der Waals surface area contributed by atoms with E-state index < -0.39 is 0 Å². The molecule has 3 amide bonds. The van der Waals surface area contributed by atoms with Crippen molar-refractivity contribution in [3.8, 4) is 0 Å². The third kappa shape index (κ3) is 1.85. The van der Waals surface area contributed by atoms with Gasteiger partial charge in [-0.1, -0.05) is 12.1 Å². The Labute approximate surface area is 112 Å². The van der Waals surface area contributed by atoms with E-state index in [2.05, 4.69) is 5.32 Å². The van der Waals surface area contributed by atoms with Crippen molar-refractivity contribution in [1.29, 1.82) is 0 Å². The maximum absolute atomic E-state index is 11.7. The zero-order valence-corrected chi connectivity index (χ0v) is 11.1. The molecule has 5 nitrogen and oxygen atoms in total. The van der Waals surface area contributed by atoms with Gasteiger partial charge in [0.15, 0.2) is 0 Å². The van der Waals surface area contributed by atoms with Crippen molar-refractivity contribution in [2.45, 2.75) is 19.4 Å². The van der Waals surface area contributed by atoms with Crippen molar-refractivity contribution in [3.05, 3.63) is 29.3 Å². The van der Waals surface area contributed by atoms with Crippen LogP contribution in [0.1, 0.15) is 24.1 Å². The number of carbonyl (C=O) groups is 2. The Morgan fingerprint density at radius 2 is 2.16 bits per heavy atom. The molecule has 2 heterocycles. The summed E-state index contributed by atoms with van der Waals surface area (Å²) in [5.41, 5.74) is 3.10. The third-order valence-electron chi connectivity index (χ3n) is 3.95. The first-order valence-corrected chi connectivity index (χ1v) is 6.55. The number of likely N-dealkylation sites (N-methyl/N-ethyl adjacent to an activating group) is 2. The molecule has 0 aliphatic carbocycles. The van der Waals surface area contributed by atoms with Gasteiger partial charge >= 0.3 is 6.03 Å². The number of nitrogens with one attached hydrogen (secondary N) is 1. The maximum atomic E-state index is 11.7. The molecule has 1 saturated heterocycles. The number of hydrogen-bond acceptors (Lipinski definition) is 2. The first kappa shape index (κ1) is 12.0. The molecule has 0 spiro atoms. The van der Waals surface area contributed by atoms with Crippen LogP contribution in [0.15, 0.2) is 18.2 Å². The molecule has 2 aliphatic rings. The monoisotopic (exact) mass is 259 g/mol. The fraction of sp³-hybridized carbons (Fsp3) is 0.429. The van der Waals surface area contributed by atoms with Gasteiger partial charge in [0, 0.05) is 25.8 Å². The molecule has 0 aromatic heterocycles. The summed E-state index contributed by atoms with van der Waals surface area (Å²) < 4.78 is 0. The van der Waals surface area contributed by atoms with Crippen molar-refractivity contribution in [2.75, 3.05) is 25.0 Å². The highest BCUT2D eigenvalue weighted by atomic mass is 16.2. The van der Waals surface area contributed by atoms with Crippen molar-refractivity contribution in [3.63, 3.8) is 0 Å². The highest BCUT2D eigenvalue weighted by molar-refractivity contribution is 6.01. The van der Waals surface area contributed by atoms with E-state index in [1.165, 1.54) is 0 Å². The summed E-state index contributed by atoms with van der Waals surface area (Å²) in [5, 5.41) is 2.97. The molecule has 100 valence electrons. The molecule has 2 aliphatic heterocycles. The Balaban J connectivity index is 1.87. The molecule has 0 radical (unpaired) electrons. The minimum absolute atomic E-state index is 0.0128. The molecule has 1 fully saturated rings. The molecule has 1 aromatic carbocycles. The molecular formula is C14H17N3O2. The van der Waals surface area contributed by atoms with Crippen molar-refractivity contribution in [2.24, 2.45) is 0 Å². The number of fused-ring (bicyclic) bond motifs is 1. The molecule has 1 N–H and O–H groups in total. The molecule has 19 heavy (non-hydrogen) atoms. The van der Waals surface area contributed by atoms with Gasteiger partial charge in [-0.2, -0.15) is 0 Å². The van der Waals surface area contributed by atoms with Crippen LogP contribution >= 0.6 is 0 Å². The molecular weight excluding hydrogens is 242 g/mol. The molecule has 1 unspecified atom stereocenters. The maximum Gasteiger partial charge on any atom is 0.318 e. The minimum Gasteiger partial charge on any atom is -0.329 e. The van der Waals surface area contributed by atoms with E-state index in [9.17, 15) is 9.59 Å². The Morgan fingerprint density at radius 1 is 1.37 bits per heavy atom. The summed E-state index contributed by atoms with van der Waals surface area (Å²) in [6, 6.07) is 6.02. The second-order valence-electron chi connectivity index (χ2n) is 5.06. The van der Waals surface area contributed by atoms with Crippen LogP contribution in [-0.2, 0) is 11.2 Å². The van der Waals surface area contributed by atoms with E-state index >= 15 is 0 Å². The lowest BCUT2D eigenvalue weighted by Gasteiger charge is -2.14. The number of benzene rings is 1. The lowest BCUT2D eigenvalue weighted by molar-refractivity contribution is -0.117. The number of anilines is 1. The van der Waals surface area contributed by atoms with E-state index in [-0.39, 0.29) is 18.0 Å². The van der Waals surface area contributed by atoms with Gasteiger partial charge in [0.25, 0.3) is 0 Å². The largest absolute Gasteiger partial charge is 0.329 e. The second kappa shape index (κ2) is 4.26. The van der Waals surface area contributed by atoms with Gasteiger partial charge in [-0.3, -0.25) is 4.79 Å². The van der Waals surface area contributed by atoms with Crippen LogP contribution in [0.4, 0.5) is 10.5 Å². The predicted molar refractivity (Wildman–Crippen MR) is 72.1 cm³/mol. The second-order valence-corrected chi connectivity index (χ2v) is 5.06. The number of urea groups is 1. The highest BCUT2D eigenvalue weighted by Crippen LogP contribution is 2.31. The Bertz CT molecular complexity index is 556. The van der Waals surface area contributed by atoms with E-state index in [4.69, 9.17) is 0 Å². The molecule has 5 heteroatoms. The van der Waals surface area contributed by atoms with Crippen LogP contribution in [-0.4, -0.2) is 37.0 Å². The van der Waals surface area contributed by atoms with Gasteiger partial charge in [-0.15, -0.1) is 0 Å². The predicted octanol–water partition coefficient (Wildman–Crippen LogP) is 1.29. The summed E-state index contributed by atoms with van der Waals surface area (Å²) in [7, 11) is 1.80. The molecule has 0 bridgehead atoms. The zero-order chi connectivity index (χ0) is 13.6. The van der Waals surface area contributed by atoms with Crippen LogP contribution in [0.25, 0.3) is 0 Å². The van der Waals surface area contributed by atoms with Gasteiger partial charge in [0.1, 0.15) is 0 Å². The van der Waals surface area contributed by atoms with Crippen molar-refractivity contribution < 1.29 is 9.59 Å². The number of amides is 3. The summed E-state index contributed by atoms with van der Waals surface area (Å²) in [5.74, 6) is 0.123. The fourth-order valence-corrected chi connectivity index (χ4v) is 2.76. The van der Waals surface area contributed by atoms with Crippen LogP contribution in [0.5, 0.6) is 0 Å². The third-order valence-corrected chi connectivity index (χ3v) is 3.95. The fourth-order valence-electron chi connectivity index (χ4n) is 2.76. The molecule has 1 atom stereocenters. The van der Waals surface area contributed by atoms with Gasteiger partial charge < -0.3 is 15.1 Å². The Morgan fingerprint density at radius 3 is 2.84 bits per heavy atom. The molecule has 3 rings (SSSR count). The van der Waals surface area contributed by atoms with E-state index in [1.807, 2.05) is 25.1 Å². The normalized spacial score (nSPS) is 21.9. The molecule has 1 aromatic rings. The molecule has 0 saturated carbocycles. The van der Waals surface area contributed by atoms with Gasteiger partial charge in [0.05, 0.1) is 12.5 Å². The van der Waals surface area contributed by atoms with E-state index in [0.717, 1.165) is 16.8 Å². The summed E-state index contributed by atoms with van der Waals surface area (Å²) >= 11 is 0. The van der Waals surface area contributed by atoms with Crippen LogP contribution in [0, 0.1) is 0 Å². The zero-order valence-electron chi connectivity index (χ0n) is 11.1. The first-order chi connectivity index (χ1) is 9.10. The quantitative estimate of drug-likeness (QED) is 0.870. The van der Waals surface area contributed by atoms with Gasteiger partial charge in [0.2, 0.25) is 5.91 Å². The average Bonchev–Trinajstić information content (AvgIpc) is 2.91. The number of hydrogen-bond donors (Lipinski definition) is 1. The number of nitrogens with zero attached hydrogens (tertiary/aromatic N) is 2. The summed E-state index contributed by atoms with van der Waals surface area (Å²) in [4.78, 5) is 26.8. The highest BCUT2D eigenvalue weighted by Gasteiger charge is 2.30. The first-order valence-electron chi connectivity index (χ1n) is 6.55. The van der Waals surface area contributed by atoms with Gasteiger partial charge in [-0.05, 0) is 24.1 Å². The standard InChI is InChI=1S/C14H17N3O2/c1-3-17-8-11(15-14(17)19)9-4-5-12-10(6-9)7-13(18)16(12)2/h4-6,11H,3,7-8H2,1-2H3,(H,15,19). The van der Waals surface area contributed by atoms with Crippen LogP contribution < -0.4 is 10.2 Å². The number of rotatable bonds is 2. The average molecular weight is 259 g/mol. The van der Waals surface area contributed by atoms with Crippen LogP contribution in [0.2, 0.25) is 0 Å². The van der Waals surface area contributed by atoms with Crippen molar-refractivity contribution in [1.82, 2.24) is 10.2 Å². The lowest BCUT2D eigenvalue weighted by Crippen LogP contribution is -2.27. The topological polar surface area (TPSA) is 52.7 Å². The lowest BCUT2D eigenvalue weighted by atomic mass is 10.0. The summed E-state index contributed by atoms with van der Waals surface area (Å²) in [6.07, 6.45) is 0.456. The summed E-state index contributed by atoms with van der Waals surface area (Å²) in [6.45, 7) is 3.38. The minimum atomic E-state index is -0.0128. The van der Waals surface area contributed by atoms with Gasteiger partial charge in [-0.25, -0.2) is 4.79 Å². The SMILES string of the molecule is CCN1CC(c2ccc3c(c2)CC(=O)N3C)NC1=O. The van der Waals surface area contributed by atoms with Crippen LogP contribution in [0.3, 0.4) is 0 Å². The smallest absolute Gasteiger partial charge is 0.318 e. The van der Waals surface area contributed by atoms with Crippen molar-refractivity contribution >= 4 is 17.6 Å². The van der Waals surface area contributed by atoms with E-state index in [1.54, 1.807) is 16.8 Å².